The minimum absolute atomic E-state index is 0.452. The van der Waals surface area contributed by atoms with E-state index in [1.807, 2.05) is 7.05 Å². The smallest absolute Gasteiger partial charge is 0.122 e. The topological polar surface area (TPSA) is 37.8 Å². The highest BCUT2D eigenvalue weighted by molar-refractivity contribution is 7.09. The second-order valence-electron chi connectivity index (χ2n) is 3.62. The average Bonchev–Trinajstić information content (AvgIpc) is 2.56. The molecule has 0 aliphatic rings. The van der Waals surface area contributed by atoms with Gasteiger partial charge in [0.1, 0.15) is 10.5 Å². The summed E-state index contributed by atoms with van der Waals surface area (Å²) in [5.41, 5.74) is 1.80. The van der Waals surface area contributed by atoms with Crippen LogP contribution in [0.15, 0.2) is 5.51 Å². The molecule has 2 atom stereocenters. The highest BCUT2D eigenvalue weighted by atomic mass is 32.1. The van der Waals surface area contributed by atoms with Gasteiger partial charge in [-0.15, -0.1) is 21.5 Å². The van der Waals surface area contributed by atoms with Crippen molar-refractivity contribution in [3.05, 3.63) is 10.5 Å². The fraction of sp³-hybridized carbons (Fsp3) is 0.778. The normalized spacial score (nSPS) is 16.1. The van der Waals surface area contributed by atoms with Crippen molar-refractivity contribution in [2.75, 3.05) is 7.05 Å². The quantitative estimate of drug-likeness (QED) is 0.804. The lowest BCUT2D eigenvalue weighted by Crippen LogP contribution is -2.31. The van der Waals surface area contributed by atoms with E-state index in [9.17, 15) is 0 Å². The van der Waals surface area contributed by atoms with Gasteiger partial charge in [-0.3, -0.25) is 0 Å². The summed E-state index contributed by atoms with van der Waals surface area (Å²) >= 11 is 1.64. The predicted molar refractivity (Wildman–Crippen MR) is 56.0 cm³/mol. The van der Waals surface area contributed by atoms with Crippen molar-refractivity contribution in [2.45, 2.75) is 32.7 Å². The molecule has 0 amide bonds. The number of likely N-dealkylation sites (N-methyl/N-ethyl adjacent to an activating group) is 1. The van der Waals surface area contributed by atoms with Crippen LogP contribution >= 0.6 is 11.3 Å². The second kappa shape index (κ2) is 4.67. The van der Waals surface area contributed by atoms with Gasteiger partial charge in [0.05, 0.1) is 0 Å². The maximum Gasteiger partial charge on any atom is 0.122 e. The number of nitrogens with zero attached hydrogens (tertiary/aromatic N) is 2. The lowest BCUT2D eigenvalue weighted by atomic mass is 9.90. The Bertz CT molecular complexity index is 233. The highest BCUT2D eigenvalue weighted by Gasteiger charge is 2.24. The van der Waals surface area contributed by atoms with E-state index in [1.54, 1.807) is 16.8 Å². The molecule has 3 nitrogen and oxygen atoms in total. The third-order valence-corrected chi connectivity index (χ3v) is 3.17. The van der Waals surface area contributed by atoms with Crippen LogP contribution in [0.2, 0.25) is 0 Å². The molecule has 0 saturated heterocycles. The maximum atomic E-state index is 4.14. The van der Waals surface area contributed by atoms with Crippen LogP contribution in [0.4, 0.5) is 0 Å². The van der Waals surface area contributed by atoms with E-state index < -0.39 is 0 Å². The summed E-state index contributed by atoms with van der Waals surface area (Å²) in [6.45, 7) is 6.63. The Morgan fingerprint density at radius 3 is 2.46 bits per heavy atom. The first kappa shape index (κ1) is 10.6. The molecule has 0 aliphatic carbocycles. The van der Waals surface area contributed by atoms with Crippen molar-refractivity contribution in [1.29, 1.82) is 0 Å². The number of hydrogen-bond donors (Lipinski definition) is 1. The van der Waals surface area contributed by atoms with Crippen LogP contribution in [0.1, 0.15) is 31.7 Å². The van der Waals surface area contributed by atoms with Crippen molar-refractivity contribution in [3.8, 4) is 0 Å². The van der Waals surface area contributed by atoms with Gasteiger partial charge in [0.15, 0.2) is 0 Å². The van der Waals surface area contributed by atoms with Gasteiger partial charge in [-0.2, -0.15) is 0 Å². The Balaban J connectivity index is 2.80. The molecule has 1 N–H and O–H groups in total. The summed E-state index contributed by atoms with van der Waals surface area (Å²) in [5.74, 6) is 1.06. The molecule has 13 heavy (non-hydrogen) atoms. The Morgan fingerprint density at radius 2 is 2.08 bits per heavy atom. The van der Waals surface area contributed by atoms with Crippen molar-refractivity contribution in [1.82, 2.24) is 15.5 Å². The van der Waals surface area contributed by atoms with Gasteiger partial charge in [0, 0.05) is 12.0 Å². The molecule has 0 radical (unpaired) electrons. The predicted octanol–water partition coefficient (Wildman–Crippen LogP) is 1.89. The number of aromatic nitrogens is 2. The van der Waals surface area contributed by atoms with Crippen LogP contribution in [-0.2, 0) is 0 Å². The molecular formula is C9H17N3S. The zero-order chi connectivity index (χ0) is 9.84. The number of rotatable bonds is 4. The van der Waals surface area contributed by atoms with Gasteiger partial charge in [-0.1, -0.05) is 13.8 Å². The second-order valence-corrected chi connectivity index (χ2v) is 4.49. The third kappa shape index (κ3) is 2.48. The van der Waals surface area contributed by atoms with Crippen LogP contribution in [0, 0.1) is 5.92 Å². The summed E-state index contributed by atoms with van der Waals surface area (Å²) in [5, 5.41) is 12.4. The van der Waals surface area contributed by atoms with Crippen molar-refractivity contribution < 1.29 is 0 Å². The van der Waals surface area contributed by atoms with Gasteiger partial charge in [0.2, 0.25) is 0 Å². The van der Waals surface area contributed by atoms with E-state index in [4.69, 9.17) is 0 Å². The average molecular weight is 199 g/mol. The SMILES string of the molecule is CNC(C)C(c1nncs1)C(C)C. The highest BCUT2D eigenvalue weighted by Crippen LogP contribution is 2.28. The molecule has 1 heterocycles. The summed E-state index contributed by atoms with van der Waals surface area (Å²) in [6.07, 6.45) is 0. The third-order valence-electron chi connectivity index (χ3n) is 2.37. The fourth-order valence-corrected chi connectivity index (χ4v) is 2.51. The Morgan fingerprint density at radius 1 is 1.38 bits per heavy atom. The monoisotopic (exact) mass is 199 g/mol. The zero-order valence-corrected chi connectivity index (χ0v) is 9.43. The molecule has 1 aromatic heterocycles. The molecular weight excluding hydrogens is 182 g/mol. The summed E-state index contributed by atoms with van der Waals surface area (Å²) in [4.78, 5) is 0. The van der Waals surface area contributed by atoms with Crippen LogP contribution in [-0.4, -0.2) is 23.3 Å². The molecule has 1 aromatic rings. The van der Waals surface area contributed by atoms with Gasteiger partial charge >= 0.3 is 0 Å². The Kier molecular flexibility index (Phi) is 3.81. The van der Waals surface area contributed by atoms with E-state index in [0.717, 1.165) is 5.01 Å². The molecule has 1 rings (SSSR count). The minimum Gasteiger partial charge on any atom is -0.317 e. The molecule has 0 spiro atoms. The van der Waals surface area contributed by atoms with Crippen molar-refractivity contribution in [3.63, 3.8) is 0 Å². The first-order chi connectivity index (χ1) is 6.16. The summed E-state index contributed by atoms with van der Waals surface area (Å²) in [7, 11) is 1.99. The molecule has 4 heteroatoms. The molecule has 0 fully saturated rings. The molecule has 0 saturated carbocycles. The fourth-order valence-electron chi connectivity index (χ4n) is 1.58. The largest absolute Gasteiger partial charge is 0.317 e. The van der Waals surface area contributed by atoms with E-state index >= 15 is 0 Å². The van der Waals surface area contributed by atoms with Crippen molar-refractivity contribution >= 4 is 11.3 Å². The lowest BCUT2D eigenvalue weighted by molar-refractivity contribution is 0.392. The van der Waals surface area contributed by atoms with Crippen LogP contribution in [0.5, 0.6) is 0 Å². The molecule has 74 valence electrons. The molecule has 2 unspecified atom stereocenters. The summed E-state index contributed by atoms with van der Waals surface area (Å²) < 4.78 is 0. The lowest BCUT2D eigenvalue weighted by Gasteiger charge is -2.24. The van der Waals surface area contributed by atoms with E-state index in [0.29, 0.717) is 17.9 Å². The summed E-state index contributed by atoms with van der Waals surface area (Å²) in [6, 6.07) is 0.452. The number of nitrogens with one attached hydrogen (secondary N) is 1. The first-order valence-corrected chi connectivity index (χ1v) is 5.48. The van der Waals surface area contributed by atoms with Gasteiger partial charge in [0.25, 0.3) is 0 Å². The maximum absolute atomic E-state index is 4.14. The van der Waals surface area contributed by atoms with E-state index in [1.165, 1.54) is 0 Å². The van der Waals surface area contributed by atoms with Crippen LogP contribution in [0.3, 0.4) is 0 Å². The Hall–Kier alpha value is -0.480. The standard InChI is InChI=1S/C9H17N3S/c1-6(2)8(7(3)10-4)9-12-11-5-13-9/h5-8,10H,1-4H3. The van der Waals surface area contributed by atoms with Gasteiger partial charge in [-0.05, 0) is 19.9 Å². The van der Waals surface area contributed by atoms with Gasteiger partial charge in [-0.25, -0.2) is 0 Å². The Labute approximate surface area is 83.6 Å². The zero-order valence-electron chi connectivity index (χ0n) is 8.61. The molecule has 0 aromatic carbocycles. The van der Waals surface area contributed by atoms with E-state index in [-0.39, 0.29) is 0 Å². The van der Waals surface area contributed by atoms with Crippen molar-refractivity contribution in [2.24, 2.45) is 5.92 Å². The van der Waals surface area contributed by atoms with Crippen LogP contribution < -0.4 is 5.32 Å². The molecule has 0 aliphatic heterocycles. The minimum atomic E-state index is 0.452. The van der Waals surface area contributed by atoms with Gasteiger partial charge < -0.3 is 5.32 Å². The number of hydrogen-bond acceptors (Lipinski definition) is 4. The van der Waals surface area contributed by atoms with Crippen LogP contribution in [0.25, 0.3) is 0 Å². The van der Waals surface area contributed by atoms with E-state index in [2.05, 4.69) is 36.3 Å². The first-order valence-electron chi connectivity index (χ1n) is 4.60. The molecule has 0 bridgehead atoms.